The smallest absolute Gasteiger partial charge is 0.222 e. The maximum Gasteiger partial charge on any atom is 0.222 e. The molecule has 2 heterocycles. The average molecular weight is 374 g/mol. The Morgan fingerprint density at radius 1 is 1.31 bits per heavy atom. The quantitative estimate of drug-likeness (QED) is 0.871. The molecule has 1 amide bonds. The van der Waals surface area contributed by atoms with E-state index in [9.17, 15) is 4.79 Å². The monoisotopic (exact) mass is 373 g/mol. The average Bonchev–Trinajstić information content (AvgIpc) is 3.15. The van der Waals surface area contributed by atoms with Crippen LogP contribution in [0.25, 0.3) is 10.1 Å². The van der Waals surface area contributed by atoms with Gasteiger partial charge in [0.05, 0.1) is 5.39 Å². The van der Waals surface area contributed by atoms with Gasteiger partial charge in [-0.05, 0) is 70.2 Å². The third-order valence-electron chi connectivity index (χ3n) is 5.91. The van der Waals surface area contributed by atoms with Gasteiger partial charge in [-0.2, -0.15) is 0 Å². The summed E-state index contributed by atoms with van der Waals surface area (Å²) in [5.41, 5.74) is 6.75. The number of hydrogen-bond acceptors (Lipinski definition) is 5. The number of primary amides is 1. The van der Waals surface area contributed by atoms with Crippen LogP contribution in [0.4, 0.5) is 0 Å². The molecule has 2 aliphatic carbocycles. The molecule has 6 heteroatoms. The molecule has 140 valence electrons. The van der Waals surface area contributed by atoms with Crippen molar-refractivity contribution < 1.29 is 9.53 Å². The Kier molecular flexibility index (Phi) is 4.88. The number of rotatable bonds is 5. The number of nitrogens with zero attached hydrogens (tertiary/aromatic N) is 2. The molecule has 1 saturated carbocycles. The van der Waals surface area contributed by atoms with Gasteiger partial charge >= 0.3 is 0 Å². The highest BCUT2D eigenvalue weighted by molar-refractivity contribution is 7.19. The molecule has 0 bridgehead atoms. The van der Waals surface area contributed by atoms with Crippen LogP contribution in [0.15, 0.2) is 12.3 Å². The van der Waals surface area contributed by atoms with Crippen LogP contribution in [0, 0.1) is 0 Å². The van der Waals surface area contributed by atoms with E-state index in [-0.39, 0.29) is 17.9 Å². The number of nitrogens with two attached hydrogens (primary N) is 1. The van der Waals surface area contributed by atoms with Crippen molar-refractivity contribution in [3.8, 4) is 5.88 Å². The zero-order valence-electron chi connectivity index (χ0n) is 15.5. The van der Waals surface area contributed by atoms with Crippen LogP contribution in [0.5, 0.6) is 5.88 Å². The number of aromatic nitrogens is 1. The number of aryl methyl sites for hydroxylation is 1. The number of thiophene rings is 1. The van der Waals surface area contributed by atoms with E-state index in [0.29, 0.717) is 12.5 Å². The molecule has 1 atom stereocenters. The number of carbonyl (C=O) groups excluding carboxylic acids is 1. The van der Waals surface area contributed by atoms with Crippen molar-refractivity contribution in [2.75, 3.05) is 14.1 Å². The van der Waals surface area contributed by atoms with Crippen molar-refractivity contribution >= 4 is 27.3 Å². The zero-order chi connectivity index (χ0) is 18.3. The van der Waals surface area contributed by atoms with Gasteiger partial charge in [0.15, 0.2) is 0 Å². The predicted octanol–water partition coefficient (Wildman–Crippen LogP) is 3.45. The summed E-state index contributed by atoms with van der Waals surface area (Å²) in [5.74, 6) is 0.743. The summed E-state index contributed by atoms with van der Waals surface area (Å²) < 4.78 is 7.61. The predicted molar refractivity (Wildman–Crippen MR) is 105 cm³/mol. The molecule has 0 unspecified atom stereocenters. The lowest BCUT2D eigenvalue weighted by atomic mass is 9.92. The summed E-state index contributed by atoms with van der Waals surface area (Å²) in [6.07, 6.45) is 8.99. The minimum atomic E-state index is -0.226. The molecule has 26 heavy (non-hydrogen) atoms. The maximum absolute atomic E-state index is 11.5. The molecule has 0 saturated heterocycles. The fourth-order valence-corrected chi connectivity index (χ4v) is 5.82. The largest absolute Gasteiger partial charge is 0.474 e. The number of pyridine rings is 1. The number of fused-ring (bicyclic) bond motifs is 3. The van der Waals surface area contributed by atoms with Gasteiger partial charge in [-0.3, -0.25) is 4.79 Å². The normalized spacial score (nSPS) is 25.6. The molecule has 2 N–H and O–H groups in total. The van der Waals surface area contributed by atoms with Gasteiger partial charge in [0.2, 0.25) is 11.8 Å². The molecule has 2 aromatic heterocycles. The fraction of sp³-hybridized carbons (Fsp3) is 0.600. The van der Waals surface area contributed by atoms with E-state index in [1.54, 1.807) is 0 Å². The summed E-state index contributed by atoms with van der Waals surface area (Å²) in [6, 6.07) is 2.72. The SMILES string of the molecule is CN(C)[C@H]1CC[C@H](Oc2nccc3sc4c(c23)[C@@H](CC(N)=O)CC4)CC1. The Balaban J connectivity index is 1.59. The van der Waals surface area contributed by atoms with Crippen LogP contribution in [-0.4, -0.2) is 42.0 Å². The van der Waals surface area contributed by atoms with Gasteiger partial charge in [-0.25, -0.2) is 4.98 Å². The van der Waals surface area contributed by atoms with Crippen LogP contribution in [-0.2, 0) is 11.2 Å². The van der Waals surface area contributed by atoms with Crippen LogP contribution >= 0.6 is 11.3 Å². The first-order chi connectivity index (χ1) is 12.5. The van der Waals surface area contributed by atoms with Gasteiger partial charge in [0, 0.05) is 28.2 Å². The van der Waals surface area contributed by atoms with Crippen LogP contribution in [0.1, 0.15) is 54.9 Å². The summed E-state index contributed by atoms with van der Waals surface area (Å²) in [6.45, 7) is 0. The first kappa shape index (κ1) is 17.7. The van der Waals surface area contributed by atoms with Gasteiger partial charge in [-0.15, -0.1) is 11.3 Å². The molecule has 0 aromatic carbocycles. The second-order valence-corrected chi connectivity index (χ2v) is 8.98. The molecule has 0 aliphatic heterocycles. The summed E-state index contributed by atoms with van der Waals surface area (Å²) in [7, 11) is 4.31. The third kappa shape index (κ3) is 3.32. The Morgan fingerprint density at radius 3 is 2.77 bits per heavy atom. The summed E-state index contributed by atoms with van der Waals surface area (Å²) in [4.78, 5) is 19.8. The van der Waals surface area contributed by atoms with Gasteiger partial charge < -0.3 is 15.4 Å². The number of hydrogen-bond donors (Lipinski definition) is 1. The standard InChI is InChI=1S/C20H27N3O2S/c1-23(2)13-4-6-14(7-5-13)25-20-19-16(9-10-22-20)26-15-8-3-12(18(15)19)11-17(21)24/h9-10,12-14H,3-8,11H2,1-2H3,(H2,21,24)/t12-,13-,14-/m1/s1. The molecular weight excluding hydrogens is 346 g/mol. The minimum Gasteiger partial charge on any atom is -0.474 e. The van der Waals surface area contributed by atoms with E-state index in [0.717, 1.165) is 36.9 Å². The van der Waals surface area contributed by atoms with Crippen molar-refractivity contribution in [2.45, 2.75) is 63.0 Å². The van der Waals surface area contributed by atoms with Crippen LogP contribution in [0.3, 0.4) is 0 Å². The number of ether oxygens (including phenoxy) is 1. The van der Waals surface area contributed by atoms with Crippen molar-refractivity contribution in [2.24, 2.45) is 5.73 Å². The Bertz CT molecular complexity index is 809. The molecule has 0 radical (unpaired) electrons. The lowest BCUT2D eigenvalue weighted by molar-refractivity contribution is -0.118. The highest BCUT2D eigenvalue weighted by atomic mass is 32.1. The second-order valence-electron chi connectivity index (χ2n) is 7.85. The Morgan fingerprint density at radius 2 is 2.08 bits per heavy atom. The van der Waals surface area contributed by atoms with E-state index in [2.05, 4.69) is 30.0 Å². The zero-order valence-corrected chi connectivity index (χ0v) is 16.3. The molecule has 0 spiro atoms. The van der Waals surface area contributed by atoms with E-state index in [1.807, 2.05) is 17.5 Å². The fourth-order valence-electron chi connectivity index (χ4n) is 4.53. The summed E-state index contributed by atoms with van der Waals surface area (Å²) in [5, 5.41) is 1.13. The highest BCUT2D eigenvalue weighted by Crippen LogP contribution is 2.48. The van der Waals surface area contributed by atoms with Crippen LogP contribution in [0.2, 0.25) is 0 Å². The lowest BCUT2D eigenvalue weighted by Gasteiger charge is -2.32. The Labute approximate surface area is 158 Å². The lowest BCUT2D eigenvalue weighted by Crippen LogP contribution is -2.35. The van der Waals surface area contributed by atoms with Crippen molar-refractivity contribution in [1.29, 1.82) is 0 Å². The third-order valence-corrected chi connectivity index (χ3v) is 7.14. The van der Waals surface area contributed by atoms with Crippen molar-refractivity contribution in [3.63, 3.8) is 0 Å². The molecular formula is C20H27N3O2S. The molecule has 5 nitrogen and oxygen atoms in total. The van der Waals surface area contributed by atoms with E-state index in [4.69, 9.17) is 10.5 Å². The molecule has 2 aliphatic rings. The molecule has 4 rings (SSSR count). The van der Waals surface area contributed by atoms with E-state index in [1.165, 1.54) is 28.0 Å². The topological polar surface area (TPSA) is 68.4 Å². The number of amides is 1. The highest BCUT2D eigenvalue weighted by Gasteiger charge is 2.31. The first-order valence-corrected chi connectivity index (χ1v) is 10.4. The first-order valence-electron chi connectivity index (χ1n) is 9.54. The second kappa shape index (κ2) is 7.16. The molecule has 2 aromatic rings. The minimum absolute atomic E-state index is 0.215. The maximum atomic E-state index is 11.5. The van der Waals surface area contributed by atoms with E-state index >= 15 is 0 Å². The number of carbonyl (C=O) groups is 1. The summed E-state index contributed by atoms with van der Waals surface area (Å²) >= 11 is 1.82. The van der Waals surface area contributed by atoms with E-state index < -0.39 is 0 Å². The van der Waals surface area contributed by atoms with Crippen molar-refractivity contribution in [1.82, 2.24) is 9.88 Å². The Hall–Kier alpha value is -1.66. The van der Waals surface area contributed by atoms with Gasteiger partial charge in [-0.1, -0.05) is 0 Å². The molecule has 1 fully saturated rings. The van der Waals surface area contributed by atoms with Crippen LogP contribution < -0.4 is 10.5 Å². The van der Waals surface area contributed by atoms with Gasteiger partial charge in [0.1, 0.15) is 6.10 Å². The van der Waals surface area contributed by atoms with Gasteiger partial charge in [0.25, 0.3) is 0 Å². The van der Waals surface area contributed by atoms with Crippen molar-refractivity contribution in [3.05, 3.63) is 22.7 Å².